The summed E-state index contributed by atoms with van der Waals surface area (Å²) in [6.45, 7) is 2.79. The Balaban J connectivity index is 2.23. The van der Waals surface area contributed by atoms with Crippen molar-refractivity contribution < 1.29 is 0 Å². The van der Waals surface area contributed by atoms with Gasteiger partial charge in [0.2, 0.25) is 0 Å². The number of aryl methyl sites for hydroxylation is 2. The Labute approximate surface area is 109 Å². The molecule has 0 aliphatic rings. The number of halogens is 1. The molecule has 5 heteroatoms. The van der Waals surface area contributed by atoms with E-state index < -0.39 is 0 Å². The average molecular weight is 295 g/mol. The molecule has 0 radical (unpaired) electrons. The smallest absolute Gasteiger partial charge is 0.143 e. The van der Waals surface area contributed by atoms with Gasteiger partial charge in [-0.2, -0.15) is 0 Å². The van der Waals surface area contributed by atoms with Crippen LogP contribution < -0.4 is 4.90 Å². The molecule has 0 saturated carbocycles. The standard InChI is InChI=1S/C12H15BrN4/c1-9-4-5-15-12(11(9)13)17(3)8-10-14-6-7-16(10)2/h4-7H,8H2,1-3H3. The lowest BCUT2D eigenvalue weighted by Crippen LogP contribution is -2.20. The Morgan fingerprint density at radius 2 is 2.12 bits per heavy atom. The molecule has 0 aromatic carbocycles. The summed E-state index contributed by atoms with van der Waals surface area (Å²) in [5.41, 5.74) is 1.18. The molecule has 2 heterocycles. The molecular weight excluding hydrogens is 280 g/mol. The second-order valence-corrected chi connectivity index (χ2v) is 4.87. The van der Waals surface area contributed by atoms with Gasteiger partial charge in [-0.15, -0.1) is 0 Å². The van der Waals surface area contributed by atoms with Crippen LogP contribution in [-0.4, -0.2) is 21.6 Å². The number of aromatic nitrogens is 3. The maximum Gasteiger partial charge on any atom is 0.143 e. The van der Waals surface area contributed by atoms with Crippen LogP contribution in [0.4, 0.5) is 5.82 Å². The SMILES string of the molecule is Cc1ccnc(N(C)Cc2nccn2C)c1Br. The Bertz CT molecular complexity index is 521. The molecule has 0 fully saturated rings. The molecule has 0 aliphatic heterocycles. The first kappa shape index (κ1) is 12.1. The van der Waals surface area contributed by atoms with E-state index in [1.807, 2.05) is 43.3 Å². The van der Waals surface area contributed by atoms with Crippen molar-refractivity contribution in [3.8, 4) is 0 Å². The van der Waals surface area contributed by atoms with E-state index >= 15 is 0 Å². The highest BCUT2D eigenvalue weighted by Gasteiger charge is 2.11. The molecule has 90 valence electrons. The number of imidazole rings is 1. The van der Waals surface area contributed by atoms with Crippen LogP contribution in [0, 0.1) is 6.92 Å². The lowest BCUT2D eigenvalue weighted by Gasteiger charge is -2.19. The quantitative estimate of drug-likeness (QED) is 0.872. The molecule has 17 heavy (non-hydrogen) atoms. The van der Waals surface area contributed by atoms with Gasteiger partial charge in [0.25, 0.3) is 0 Å². The molecule has 0 unspecified atom stereocenters. The summed E-state index contributed by atoms with van der Waals surface area (Å²) in [5.74, 6) is 1.95. The van der Waals surface area contributed by atoms with Crippen LogP contribution in [0.1, 0.15) is 11.4 Å². The molecule has 2 aromatic heterocycles. The first-order valence-electron chi connectivity index (χ1n) is 5.38. The van der Waals surface area contributed by atoms with Gasteiger partial charge in [-0.25, -0.2) is 9.97 Å². The van der Waals surface area contributed by atoms with Gasteiger partial charge in [-0.3, -0.25) is 0 Å². The van der Waals surface area contributed by atoms with E-state index in [4.69, 9.17) is 0 Å². The van der Waals surface area contributed by atoms with Crippen LogP contribution >= 0.6 is 15.9 Å². The fraction of sp³-hybridized carbons (Fsp3) is 0.333. The summed E-state index contributed by atoms with van der Waals surface area (Å²) in [5, 5.41) is 0. The largest absolute Gasteiger partial charge is 0.351 e. The van der Waals surface area contributed by atoms with Gasteiger partial charge in [0, 0.05) is 32.7 Å². The van der Waals surface area contributed by atoms with E-state index in [0.29, 0.717) is 0 Å². The normalized spacial score (nSPS) is 10.6. The summed E-state index contributed by atoms with van der Waals surface area (Å²) in [4.78, 5) is 10.8. The molecular formula is C12H15BrN4. The van der Waals surface area contributed by atoms with E-state index in [9.17, 15) is 0 Å². The van der Waals surface area contributed by atoms with Crippen LogP contribution in [0.15, 0.2) is 29.1 Å². The highest BCUT2D eigenvalue weighted by molar-refractivity contribution is 9.10. The van der Waals surface area contributed by atoms with E-state index in [1.165, 1.54) is 5.56 Å². The fourth-order valence-electron chi connectivity index (χ4n) is 1.63. The minimum atomic E-state index is 0.735. The Morgan fingerprint density at radius 1 is 1.35 bits per heavy atom. The minimum Gasteiger partial charge on any atom is -0.351 e. The second kappa shape index (κ2) is 4.87. The second-order valence-electron chi connectivity index (χ2n) is 4.08. The van der Waals surface area contributed by atoms with Crippen LogP contribution in [0.5, 0.6) is 0 Å². The molecule has 0 saturated heterocycles. The van der Waals surface area contributed by atoms with Crippen molar-refractivity contribution in [2.24, 2.45) is 7.05 Å². The van der Waals surface area contributed by atoms with Crippen molar-refractivity contribution >= 4 is 21.7 Å². The van der Waals surface area contributed by atoms with Gasteiger partial charge in [0.1, 0.15) is 11.6 Å². The van der Waals surface area contributed by atoms with Crippen LogP contribution in [-0.2, 0) is 13.6 Å². The fourth-order valence-corrected chi connectivity index (χ4v) is 2.17. The van der Waals surface area contributed by atoms with Crippen LogP contribution in [0.25, 0.3) is 0 Å². The van der Waals surface area contributed by atoms with Crippen molar-refractivity contribution in [3.63, 3.8) is 0 Å². The zero-order valence-electron chi connectivity index (χ0n) is 10.2. The zero-order chi connectivity index (χ0) is 12.4. The minimum absolute atomic E-state index is 0.735. The first-order chi connectivity index (χ1) is 8.09. The highest BCUT2D eigenvalue weighted by Crippen LogP contribution is 2.26. The van der Waals surface area contributed by atoms with Crippen molar-refractivity contribution in [2.45, 2.75) is 13.5 Å². The van der Waals surface area contributed by atoms with Gasteiger partial charge < -0.3 is 9.47 Å². The van der Waals surface area contributed by atoms with Crippen molar-refractivity contribution in [3.05, 3.63) is 40.5 Å². The third-order valence-corrected chi connectivity index (χ3v) is 3.71. The number of pyridine rings is 1. The number of rotatable bonds is 3. The topological polar surface area (TPSA) is 34.0 Å². The predicted molar refractivity (Wildman–Crippen MR) is 72.0 cm³/mol. The van der Waals surface area contributed by atoms with Gasteiger partial charge in [-0.05, 0) is 34.5 Å². The molecule has 0 atom stereocenters. The number of nitrogens with zero attached hydrogens (tertiary/aromatic N) is 4. The van der Waals surface area contributed by atoms with Gasteiger partial charge in [0.05, 0.1) is 11.0 Å². The van der Waals surface area contributed by atoms with Crippen molar-refractivity contribution in [2.75, 3.05) is 11.9 Å². The molecule has 2 rings (SSSR count). The lowest BCUT2D eigenvalue weighted by molar-refractivity contribution is 0.754. The van der Waals surface area contributed by atoms with E-state index in [1.54, 1.807) is 0 Å². The first-order valence-corrected chi connectivity index (χ1v) is 6.17. The van der Waals surface area contributed by atoms with Gasteiger partial charge in [0.15, 0.2) is 0 Å². The Hall–Kier alpha value is -1.36. The molecule has 2 aromatic rings. The zero-order valence-corrected chi connectivity index (χ0v) is 11.8. The molecule has 0 N–H and O–H groups in total. The molecule has 0 bridgehead atoms. The van der Waals surface area contributed by atoms with Gasteiger partial charge in [-0.1, -0.05) is 0 Å². The maximum atomic E-state index is 4.39. The highest BCUT2D eigenvalue weighted by atomic mass is 79.9. The van der Waals surface area contributed by atoms with Crippen molar-refractivity contribution in [1.29, 1.82) is 0 Å². The molecule has 0 aliphatic carbocycles. The maximum absolute atomic E-state index is 4.39. The number of hydrogen-bond donors (Lipinski definition) is 0. The van der Waals surface area contributed by atoms with Crippen molar-refractivity contribution in [1.82, 2.24) is 14.5 Å². The molecule has 0 spiro atoms. The summed E-state index contributed by atoms with van der Waals surface area (Å²) in [7, 11) is 4.01. The number of anilines is 1. The van der Waals surface area contributed by atoms with E-state index in [-0.39, 0.29) is 0 Å². The molecule has 4 nitrogen and oxygen atoms in total. The summed E-state index contributed by atoms with van der Waals surface area (Å²) in [6, 6.07) is 1.99. The van der Waals surface area contributed by atoms with Gasteiger partial charge >= 0.3 is 0 Å². The third-order valence-electron chi connectivity index (χ3n) is 2.73. The average Bonchev–Trinajstić information content (AvgIpc) is 2.68. The lowest BCUT2D eigenvalue weighted by atomic mass is 10.3. The van der Waals surface area contributed by atoms with E-state index in [0.717, 1.165) is 22.7 Å². The Morgan fingerprint density at radius 3 is 2.76 bits per heavy atom. The summed E-state index contributed by atoms with van der Waals surface area (Å²) >= 11 is 3.57. The predicted octanol–water partition coefficient (Wildman–Crippen LogP) is 2.52. The van der Waals surface area contributed by atoms with Crippen LogP contribution in [0.2, 0.25) is 0 Å². The number of hydrogen-bond acceptors (Lipinski definition) is 3. The Kier molecular flexibility index (Phi) is 3.47. The summed E-state index contributed by atoms with van der Waals surface area (Å²) in [6.07, 6.45) is 5.58. The molecule has 0 amide bonds. The van der Waals surface area contributed by atoms with E-state index in [2.05, 4.69) is 37.7 Å². The van der Waals surface area contributed by atoms with Crippen LogP contribution in [0.3, 0.4) is 0 Å². The monoisotopic (exact) mass is 294 g/mol. The summed E-state index contributed by atoms with van der Waals surface area (Å²) < 4.78 is 3.05. The third kappa shape index (κ3) is 2.49.